The van der Waals surface area contributed by atoms with Crippen LogP contribution in [0.4, 0.5) is 4.39 Å². The fourth-order valence-corrected chi connectivity index (χ4v) is 2.37. The molecule has 106 valence electrons. The third-order valence-corrected chi connectivity index (χ3v) is 3.69. The molecule has 0 amide bonds. The number of rotatable bonds is 6. The minimum Gasteiger partial charge on any atom is -0.487 e. The highest BCUT2D eigenvalue weighted by molar-refractivity contribution is 6.30. The average molecular weight is 309 g/mol. The summed E-state index contributed by atoms with van der Waals surface area (Å²) in [4.78, 5) is 0. The highest BCUT2D eigenvalue weighted by Gasteiger charge is 2.42. The molecule has 6 heteroatoms. The lowest BCUT2D eigenvalue weighted by molar-refractivity contribution is -0.0898. The van der Waals surface area contributed by atoms with E-state index >= 15 is 0 Å². The summed E-state index contributed by atoms with van der Waals surface area (Å²) in [5.74, 6) is -0.0754. The van der Waals surface area contributed by atoms with Crippen molar-refractivity contribution in [3.05, 3.63) is 29.0 Å². The molecule has 0 aliphatic heterocycles. The Labute approximate surface area is 121 Å². The number of alkyl halides is 1. The number of methoxy groups -OCH3 is 1. The van der Waals surface area contributed by atoms with Crippen molar-refractivity contribution in [1.29, 1.82) is 0 Å². The van der Waals surface area contributed by atoms with Gasteiger partial charge in [0.15, 0.2) is 0 Å². The van der Waals surface area contributed by atoms with Crippen LogP contribution < -0.4 is 4.74 Å². The Morgan fingerprint density at radius 1 is 1.37 bits per heavy atom. The molecule has 1 fully saturated rings. The highest BCUT2D eigenvalue weighted by Crippen LogP contribution is 2.33. The first-order valence-corrected chi connectivity index (χ1v) is 6.79. The molecule has 0 radical (unpaired) electrons. The Balaban J connectivity index is 1.89. The van der Waals surface area contributed by atoms with E-state index in [9.17, 15) is 4.39 Å². The largest absolute Gasteiger partial charge is 0.487 e. The summed E-state index contributed by atoms with van der Waals surface area (Å²) in [6, 6.07) is 4.35. The third kappa shape index (κ3) is 3.72. The molecule has 2 rings (SSSR count). The van der Waals surface area contributed by atoms with Gasteiger partial charge in [0.1, 0.15) is 23.8 Å². The molecule has 0 N–H and O–H groups in total. The molecule has 1 aromatic rings. The van der Waals surface area contributed by atoms with Crippen molar-refractivity contribution < 1.29 is 18.6 Å². The van der Waals surface area contributed by atoms with Gasteiger partial charge in [-0.05, 0) is 12.1 Å². The predicted molar refractivity (Wildman–Crippen MR) is 71.7 cm³/mol. The van der Waals surface area contributed by atoms with Crippen LogP contribution in [0.25, 0.3) is 0 Å². The molecule has 3 nitrogen and oxygen atoms in total. The van der Waals surface area contributed by atoms with Crippen LogP contribution >= 0.6 is 23.2 Å². The normalized spacial score (nSPS) is 26.0. The van der Waals surface area contributed by atoms with Crippen molar-refractivity contribution in [1.82, 2.24) is 0 Å². The lowest BCUT2D eigenvalue weighted by atomic mass is 9.91. The second-order valence-corrected chi connectivity index (χ2v) is 5.28. The average Bonchev–Trinajstić information content (AvgIpc) is 2.38. The molecule has 0 spiro atoms. The Morgan fingerprint density at radius 2 is 2.16 bits per heavy atom. The van der Waals surface area contributed by atoms with Crippen molar-refractivity contribution >= 4 is 23.2 Å². The Kier molecular flexibility index (Phi) is 5.28. The topological polar surface area (TPSA) is 27.7 Å². The first kappa shape index (κ1) is 14.9. The lowest BCUT2D eigenvalue weighted by Gasteiger charge is -2.40. The fraction of sp³-hybridized carbons (Fsp3) is 0.538. The van der Waals surface area contributed by atoms with Gasteiger partial charge >= 0.3 is 0 Å². The minimum absolute atomic E-state index is 0.0732. The van der Waals surface area contributed by atoms with Crippen molar-refractivity contribution in [2.75, 3.05) is 20.3 Å². The standard InChI is InChI=1S/C13H15Cl2FO3/c1-17-4-5-18-13-10(15)7-12(13)19-8-2-3-9(14)11(16)6-8/h2-3,6,10,12-13H,4-5,7H2,1H3. The van der Waals surface area contributed by atoms with Crippen LogP contribution in [0, 0.1) is 5.82 Å². The summed E-state index contributed by atoms with van der Waals surface area (Å²) in [5.41, 5.74) is 0. The van der Waals surface area contributed by atoms with E-state index in [1.54, 1.807) is 13.2 Å². The van der Waals surface area contributed by atoms with Gasteiger partial charge in [0.25, 0.3) is 0 Å². The summed E-state index contributed by atoms with van der Waals surface area (Å²) in [6.07, 6.45) is 0.305. The van der Waals surface area contributed by atoms with Crippen molar-refractivity contribution in [2.45, 2.75) is 24.0 Å². The van der Waals surface area contributed by atoms with Crippen LogP contribution in [-0.2, 0) is 9.47 Å². The van der Waals surface area contributed by atoms with Crippen molar-refractivity contribution in [3.63, 3.8) is 0 Å². The van der Waals surface area contributed by atoms with Gasteiger partial charge in [0.2, 0.25) is 0 Å². The van der Waals surface area contributed by atoms with Crippen molar-refractivity contribution in [3.8, 4) is 5.75 Å². The summed E-state index contributed by atoms with van der Waals surface area (Å²) in [7, 11) is 1.60. The van der Waals surface area contributed by atoms with E-state index in [0.717, 1.165) is 0 Å². The number of hydrogen-bond acceptors (Lipinski definition) is 3. The van der Waals surface area contributed by atoms with Crippen LogP contribution in [-0.4, -0.2) is 37.9 Å². The van der Waals surface area contributed by atoms with Crippen LogP contribution in [0.1, 0.15) is 6.42 Å². The molecule has 0 aromatic heterocycles. The maximum atomic E-state index is 13.3. The van der Waals surface area contributed by atoms with Gasteiger partial charge in [-0.3, -0.25) is 0 Å². The molecular weight excluding hydrogens is 294 g/mol. The summed E-state index contributed by atoms with van der Waals surface area (Å²) in [5, 5.41) is -0.0110. The molecule has 1 aliphatic carbocycles. The van der Waals surface area contributed by atoms with Gasteiger partial charge in [-0.25, -0.2) is 4.39 Å². The van der Waals surface area contributed by atoms with E-state index in [-0.39, 0.29) is 22.6 Å². The molecule has 0 bridgehead atoms. The van der Waals surface area contributed by atoms with E-state index in [1.165, 1.54) is 12.1 Å². The fourth-order valence-electron chi connectivity index (χ4n) is 1.85. The van der Waals surface area contributed by atoms with E-state index in [4.69, 9.17) is 37.4 Å². The Morgan fingerprint density at radius 3 is 2.79 bits per heavy atom. The minimum atomic E-state index is -0.502. The Bertz CT molecular complexity index is 430. The zero-order valence-electron chi connectivity index (χ0n) is 10.4. The number of ether oxygens (including phenoxy) is 3. The second kappa shape index (κ2) is 6.75. The monoisotopic (exact) mass is 308 g/mol. The molecule has 0 heterocycles. The molecule has 3 atom stereocenters. The summed E-state index contributed by atoms with van der Waals surface area (Å²) < 4.78 is 29.4. The van der Waals surface area contributed by atoms with Gasteiger partial charge in [0, 0.05) is 19.6 Å². The van der Waals surface area contributed by atoms with Gasteiger partial charge in [-0.15, -0.1) is 11.6 Å². The molecule has 19 heavy (non-hydrogen) atoms. The van der Waals surface area contributed by atoms with E-state index in [2.05, 4.69) is 0 Å². The zero-order chi connectivity index (χ0) is 13.8. The lowest BCUT2D eigenvalue weighted by Crippen LogP contribution is -2.53. The quantitative estimate of drug-likeness (QED) is 0.596. The predicted octanol–water partition coefficient (Wildman–Crippen LogP) is 3.27. The second-order valence-electron chi connectivity index (χ2n) is 4.31. The number of halogens is 3. The maximum absolute atomic E-state index is 13.3. The number of hydrogen-bond donors (Lipinski definition) is 0. The maximum Gasteiger partial charge on any atom is 0.145 e. The third-order valence-electron chi connectivity index (χ3n) is 2.96. The van der Waals surface area contributed by atoms with Crippen LogP contribution in [0.2, 0.25) is 5.02 Å². The first-order chi connectivity index (χ1) is 9.11. The summed E-state index contributed by atoms with van der Waals surface area (Å²) >= 11 is 11.7. The smallest absolute Gasteiger partial charge is 0.145 e. The van der Waals surface area contributed by atoms with E-state index in [1.807, 2.05) is 0 Å². The van der Waals surface area contributed by atoms with Gasteiger partial charge in [0.05, 0.1) is 23.6 Å². The highest BCUT2D eigenvalue weighted by atomic mass is 35.5. The number of benzene rings is 1. The molecule has 0 saturated heterocycles. The van der Waals surface area contributed by atoms with E-state index in [0.29, 0.717) is 25.4 Å². The van der Waals surface area contributed by atoms with Crippen LogP contribution in [0.3, 0.4) is 0 Å². The first-order valence-electron chi connectivity index (χ1n) is 5.98. The summed E-state index contributed by atoms with van der Waals surface area (Å²) in [6.45, 7) is 0.960. The van der Waals surface area contributed by atoms with Gasteiger partial charge in [-0.1, -0.05) is 11.6 Å². The zero-order valence-corrected chi connectivity index (χ0v) is 12.0. The Hall–Kier alpha value is -0.550. The SMILES string of the molecule is COCCOC1C(Cl)CC1Oc1ccc(Cl)c(F)c1. The molecular formula is C13H15Cl2FO3. The molecule has 1 aromatic carbocycles. The van der Waals surface area contributed by atoms with Gasteiger partial charge in [-0.2, -0.15) is 0 Å². The van der Waals surface area contributed by atoms with Crippen LogP contribution in [0.15, 0.2) is 18.2 Å². The van der Waals surface area contributed by atoms with Crippen LogP contribution in [0.5, 0.6) is 5.75 Å². The molecule has 1 aliphatic rings. The molecule has 1 saturated carbocycles. The van der Waals surface area contributed by atoms with E-state index < -0.39 is 5.82 Å². The van der Waals surface area contributed by atoms with Crippen molar-refractivity contribution in [2.24, 2.45) is 0 Å². The molecule has 3 unspecified atom stereocenters. The van der Waals surface area contributed by atoms with Gasteiger partial charge < -0.3 is 14.2 Å².